The molecule has 0 fully saturated rings. The summed E-state index contributed by atoms with van der Waals surface area (Å²) in [7, 11) is 0. The average molecular weight is 187 g/mol. The Balaban J connectivity index is 2.48. The summed E-state index contributed by atoms with van der Waals surface area (Å²) < 4.78 is 13.0. The van der Waals surface area contributed by atoms with E-state index in [0.29, 0.717) is 5.56 Å². The molecule has 3 heteroatoms. The van der Waals surface area contributed by atoms with E-state index in [4.69, 9.17) is 0 Å². The van der Waals surface area contributed by atoms with E-state index in [1.165, 1.54) is 12.4 Å². The van der Waals surface area contributed by atoms with Gasteiger partial charge in [0.05, 0.1) is 0 Å². The van der Waals surface area contributed by atoms with Crippen molar-refractivity contribution >= 4 is 0 Å². The molecule has 1 radical (unpaired) electrons. The van der Waals surface area contributed by atoms with Crippen LogP contribution in [0.4, 0.5) is 4.39 Å². The topological polar surface area (TPSA) is 25.8 Å². The van der Waals surface area contributed by atoms with Gasteiger partial charge >= 0.3 is 0 Å². The van der Waals surface area contributed by atoms with E-state index >= 15 is 0 Å². The molecule has 2 nitrogen and oxygen atoms in total. The molecule has 69 valence electrons. The lowest BCUT2D eigenvalue weighted by molar-refractivity contribution is 0.619. The first-order valence-electron chi connectivity index (χ1n) is 4.21. The molecule has 0 aliphatic heterocycles. The van der Waals surface area contributed by atoms with E-state index in [0.717, 1.165) is 11.1 Å². The number of halogens is 1. The predicted octanol–water partition coefficient (Wildman–Crippen LogP) is 2.39. The number of aryl methyl sites for hydroxylation is 1. The molecule has 0 atom stereocenters. The number of hydrogen-bond acceptors (Lipinski definition) is 2. The molecule has 0 unspecified atom stereocenters. The Morgan fingerprint density at radius 2 is 2.21 bits per heavy atom. The van der Waals surface area contributed by atoms with Crippen LogP contribution in [0.2, 0.25) is 0 Å². The summed E-state index contributed by atoms with van der Waals surface area (Å²) in [5.41, 5.74) is 2.26. The van der Waals surface area contributed by atoms with Crippen LogP contribution in [0.25, 0.3) is 11.1 Å². The van der Waals surface area contributed by atoms with Crippen molar-refractivity contribution in [1.29, 1.82) is 0 Å². The molecule has 2 rings (SSSR count). The monoisotopic (exact) mass is 187 g/mol. The Morgan fingerprint density at radius 3 is 2.86 bits per heavy atom. The summed E-state index contributed by atoms with van der Waals surface area (Å²) in [6, 6.07) is 4.88. The summed E-state index contributed by atoms with van der Waals surface area (Å²) >= 11 is 0. The van der Waals surface area contributed by atoms with E-state index < -0.39 is 0 Å². The highest BCUT2D eigenvalue weighted by molar-refractivity contribution is 5.61. The van der Waals surface area contributed by atoms with E-state index in [1.54, 1.807) is 25.3 Å². The maximum absolute atomic E-state index is 13.0. The molecule has 0 amide bonds. The van der Waals surface area contributed by atoms with Crippen molar-refractivity contribution in [2.75, 3.05) is 0 Å². The molecular formula is C11H8FN2. The first-order chi connectivity index (χ1) is 6.77. The molecule has 0 N–H and O–H groups in total. The quantitative estimate of drug-likeness (QED) is 0.685. The largest absolute Gasteiger partial charge is 0.244 e. The molecule has 0 aliphatic rings. The highest BCUT2D eigenvalue weighted by Gasteiger charge is 2.01. The van der Waals surface area contributed by atoms with Gasteiger partial charge in [0.2, 0.25) is 0 Å². The van der Waals surface area contributed by atoms with Gasteiger partial charge in [0, 0.05) is 11.8 Å². The van der Waals surface area contributed by atoms with Crippen LogP contribution in [0, 0.1) is 18.9 Å². The molecule has 0 spiro atoms. The van der Waals surface area contributed by atoms with Crippen molar-refractivity contribution in [1.82, 2.24) is 9.97 Å². The van der Waals surface area contributed by atoms with Crippen molar-refractivity contribution in [3.8, 4) is 11.1 Å². The Labute approximate surface area is 81.5 Å². The van der Waals surface area contributed by atoms with Gasteiger partial charge in [-0.1, -0.05) is 6.07 Å². The molecule has 1 aromatic heterocycles. The summed E-state index contributed by atoms with van der Waals surface area (Å²) in [5, 5.41) is 0. The molecule has 0 aliphatic carbocycles. The molecule has 1 heterocycles. The summed E-state index contributed by atoms with van der Waals surface area (Å²) in [4.78, 5) is 7.66. The molecule has 0 saturated carbocycles. The van der Waals surface area contributed by atoms with Gasteiger partial charge in [0.15, 0.2) is 0 Å². The molecule has 2 aromatic rings. The van der Waals surface area contributed by atoms with E-state index in [-0.39, 0.29) is 5.82 Å². The van der Waals surface area contributed by atoms with Crippen LogP contribution in [0.3, 0.4) is 0 Å². The fourth-order valence-corrected chi connectivity index (χ4v) is 1.22. The first-order valence-corrected chi connectivity index (χ1v) is 4.21. The van der Waals surface area contributed by atoms with Crippen LogP contribution in [0.1, 0.15) is 5.56 Å². The fraction of sp³-hybridized carbons (Fsp3) is 0.0909. The van der Waals surface area contributed by atoms with E-state index in [2.05, 4.69) is 16.2 Å². The minimum absolute atomic E-state index is 0.203. The number of rotatable bonds is 1. The minimum Gasteiger partial charge on any atom is -0.244 e. The van der Waals surface area contributed by atoms with Crippen LogP contribution in [-0.2, 0) is 0 Å². The van der Waals surface area contributed by atoms with Crippen molar-refractivity contribution in [3.63, 3.8) is 0 Å². The van der Waals surface area contributed by atoms with Crippen LogP contribution >= 0.6 is 0 Å². The third-order valence-corrected chi connectivity index (χ3v) is 1.98. The maximum Gasteiger partial charge on any atom is 0.126 e. The maximum atomic E-state index is 13.0. The Kier molecular flexibility index (Phi) is 2.23. The van der Waals surface area contributed by atoms with Crippen LogP contribution < -0.4 is 0 Å². The van der Waals surface area contributed by atoms with Gasteiger partial charge in [-0.2, -0.15) is 0 Å². The van der Waals surface area contributed by atoms with Crippen molar-refractivity contribution in [2.24, 2.45) is 0 Å². The van der Waals surface area contributed by atoms with Crippen molar-refractivity contribution < 1.29 is 4.39 Å². The van der Waals surface area contributed by atoms with Gasteiger partial charge in [-0.3, -0.25) is 0 Å². The Morgan fingerprint density at radius 1 is 1.36 bits per heavy atom. The van der Waals surface area contributed by atoms with Crippen LogP contribution in [0.5, 0.6) is 0 Å². The standard InChI is InChI=1S/C11H8FN2/c1-8-4-9(2-3-11(8)12)10-5-13-7-14-6-10/h2-5,7H,1H3. The third-order valence-electron chi connectivity index (χ3n) is 1.98. The number of benzene rings is 1. The Bertz CT molecular complexity index is 440. The van der Waals surface area contributed by atoms with Gasteiger partial charge in [-0.15, -0.1) is 0 Å². The fourth-order valence-electron chi connectivity index (χ4n) is 1.22. The lowest BCUT2D eigenvalue weighted by Gasteiger charge is -2.01. The second-order valence-electron chi connectivity index (χ2n) is 3.01. The van der Waals surface area contributed by atoms with Crippen LogP contribution in [-0.4, -0.2) is 9.97 Å². The minimum atomic E-state index is -0.203. The summed E-state index contributed by atoms with van der Waals surface area (Å²) in [6.45, 7) is 1.72. The van der Waals surface area contributed by atoms with Crippen LogP contribution in [0.15, 0.2) is 30.7 Å². The zero-order chi connectivity index (χ0) is 9.97. The average Bonchev–Trinajstić information content (AvgIpc) is 2.23. The molecule has 1 aromatic carbocycles. The smallest absolute Gasteiger partial charge is 0.126 e. The van der Waals surface area contributed by atoms with E-state index in [1.807, 2.05) is 0 Å². The third kappa shape index (κ3) is 1.62. The van der Waals surface area contributed by atoms with E-state index in [9.17, 15) is 4.39 Å². The number of aromatic nitrogens is 2. The predicted molar refractivity (Wildman–Crippen MR) is 51.0 cm³/mol. The highest BCUT2D eigenvalue weighted by atomic mass is 19.1. The first kappa shape index (κ1) is 8.81. The highest BCUT2D eigenvalue weighted by Crippen LogP contribution is 2.19. The number of hydrogen-bond donors (Lipinski definition) is 0. The van der Waals surface area contributed by atoms with Gasteiger partial charge in [-0.25, -0.2) is 14.4 Å². The lowest BCUT2D eigenvalue weighted by atomic mass is 10.1. The SMILES string of the molecule is Cc1cc(-c2[c]ncnc2)ccc1F. The summed E-state index contributed by atoms with van der Waals surface area (Å²) in [6.07, 6.45) is 5.87. The Hall–Kier alpha value is -1.77. The number of nitrogens with zero attached hydrogens (tertiary/aromatic N) is 2. The normalized spacial score (nSPS) is 10.1. The molecule has 0 saturated heterocycles. The van der Waals surface area contributed by atoms with Crippen molar-refractivity contribution in [3.05, 3.63) is 48.3 Å². The molecular weight excluding hydrogens is 179 g/mol. The second-order valence-corrected chi connectivity index (χ2v) is 3.01. The molecule has 14 heavy (non-hydrogen) atoms. The zero-order valence-corrected chi connectivity index (χ0v) is 7.66. The summed E-state index contributed by atoms with van der Waals surface area (Å²) in [5.74, 6) is -0.203. The lowest BCUT2D eigenvalue weighted by Crippen LogP contribution is -1.86. The van der Waals surface area contributed by atoms with Crippen molar-refractivity contribution in [2.45, 2.75) is 6.92 Å². The molecule has 0 bridgehead atoms. The van der Waals surface area contributed by atoms with Gasteiger partial charge in [-0.05, 0) is 30.2 Å². The van der Waals surface area contributed by atoms with Gasteiger partial charge in [0.1, 0.15) is 18.3 Å². The second kappa shape index (κ2) is 3.54. The van der Waals surface area contributed by atoms with Gasteiger partial charge in [0.25, 0.3) is 0 Å². The van der Waals surface area contributed by atoms with Gasteiger partial charge < -0.3 is 0 Å². The zero-order valence-electron chi connectivity index (χ0n) is 7.66.